The van der Waals surface area contributed by atoms with Gasteiger partial charge in [0.15, 0.2) is 5.16 Å². The fourth-order valence-corrected chi connectivity index (χ4v) is 5.53. The Morgan fingerprint density at radius 1 is 1.14 bits per heavy atom. The first-order valence-corrected chi connectivity index (χ1v) is 13.3. The number of carbonyl (C=O) groups excluding carboxylic acids is 1. The molecule has 7 heteroatoms. The number of hydrogen-bond donors (Lipinski definition) is 1. The molecule has 0 saturated heterocycles. The molecule has 2 heterocycles. The molecule has 5 nitrogen and oxygen atoms in total. The fourth-order valence-electron chi connectivity index (χ4n) is 3.73. The molecule has 0 aliphatic rings. The largest absolute Gasteiger partial charge is 0.325 e. The number of fused-ring (bicyclic) bond motifs is 1. The topological polar surface area (TPSA) is 64.0 Å². The van der Waals surface area contributed by atoms with Crippen LogP contribution in [0.25, 0.3) is 21.3 Å². The molecule has 0 fully saturated rings. The van der Waals surface area contributed by atoms with Crippen LogP contribution >= 0.6 is 23.1 Å². The highest BCUT2D eigenvalue weighted by Gasteiger charge is 2.18. The summed E-state index contributed by atoms with van der Waals surface area (Å²) in [5.74, 6) is -0.00344. The van der Waals surface area contributed by atoms with Gasteiger partial charge in [-0.2, -0.15) is 0 Å². The van der Waals surface area contributed by atoms with Crippen molar-refractivity contribution in [3.8, 4) is 11.1 Å². The third-order valence-corrected chi connectivity index (χ3v) is 7.55. The van der Waals surface area contributed by atoms with Gasteiger partial charge in [-0.25, -0.2) is 4.98 Å². The number of amides is 1. The van der Waals surface area contributed by atoms with Crippen LogP contribution in [0.4, 0.5) is 5.69 Å². The predicted octanol–water partition coefficient (Wildman–Crippen LogP) is 6.65. The van der Waals surface area contributed by atoms with Crippen molar-refractivity contribution in [3.05, 3.63) is 88.0 Å². The zero-order valence-corrected chi connectivity index (χ0v) is 22.1. The van der Waals surface area contributed by atoms with Crippen LogP contribution in [-0.2, 0) is 16.8 Å². The van der Waals surface area contributed by atoms with Gasteiger partial charge in [-0.05, 0) is 35.6 Å². The number of aromatic nitrogens is 2. The molecule has 0 unspecified atom stereocenters. The van der Waals surface area contributed by atoms with E-state index >= 15 is 0 Å². The predicted molar refractivity (Wildman–Crippen MR) is 149 cm³/mol. The van der Waals surface area contributed by atoms with Gasteiger partial charge < -0.3 is 5.32 Å². The van der Waals surface area contributed by atoms with Crippen LogP contribution in [0, 0.1) is 6.92 Å². The second kappa shape index (κ2) is 10.2. The lowest BCUT2D eigenvalue weighted by atomic mass is 9.87. The molecule has 4 aromatic rings. The number of allylic oxidation sites excluding steroid dienone is 1. The Morgan fingerprint density at radius 3 is 2.46 bits per heavy atom. The molecule has 0 aliphatic carbocycles. The number of carbonyl (C=O) groups is 1. The number of hydrogen-bond acceptors (Lipinski definition) is 5. The minimum atomic E-state index is -0.149. The first kappa shape index (κ1) is 24.9. The summed E-state index contributed by atoms with van der Waals surface area (Å²) < 4.78 is 1.59. The van der Waals surface area contributed by atoms with E-state index in [4.69, 9.17) is 4.98 Å². The van der Waals surface area contributed by atoms with E-state index in [0.717, 1.165) is 22.4 Å². The molecule has 4 rings (SSSR count). The van der Waals surface area contributed by atoms with Crippen LogP contribution in [0.3, 0.4) is 0 Å². The van der Waals surface area contributed by atoms with Gasteiger partial charge in [0.2, 0.25) is 5.91 Å². The molecular formula is C28H29N3O2S2. The van der Waals surface area contributed by atoms with Crippen molar-refractivity contribution >= 4 is 44.9 Å². The summed E-state index contributed by atoms with van der Waals surface area (Å²) in [6, 6.07) is 16.0. The third kappa shape index (κ3) is 5.57. The second-order valence-corrected chi connectivity index (χ2v) is 11.3. The van der Waals surface area contributed by atoms with E-state index in [9.17, 15) is 9.59 Å². The molecule has 0 saturated carbocycles. The van der Waals surface area contributed by atoms with Crippen LogP contribution in [0.1, 0.15) is 31.9 Å². The summed E-state index contributed by atoms with van der Waals surface area (Å²) in [6.45, 7) is 12.6. The van der Waals surface area contributed by atoms with Gasteiger partial charge in [-0.15, -0.1) is 17.9 Å². The summed E-state index contributed by atoms with van der Waals surface area (Å²) in [7, 11) is 0. The number of nitrogens with zero attached hydrogens (tertiary/aromatic N) is 2. The maximum Gasteiger partial charge on any atom is 0.263 e. The van der Waals surface area contributed by atoms with E-state index in [1.54, 1.807) is 10.6 Å². The van der Waals surface area contributed by atoms with Crippen LogP contribution < -0.4 is 10.9 Å². The van der Waals surface area contributed by atoms with E-state index < -0.39 is 0 Å². The summed E-state index contributed by atoms with van der Waals surface area (Å²) in [5, 5.41) is 6.03. The van der Waals surface area contributed by atoms with Gasteiger partial charge in [0.25, 0.3) is 5.56 Å². The zero-order valence-electron chi connectivity index (χ0n) is 20.4. The average molecular weight is 504 g/mol. The minimum Gasteiger partial charge on any atom is -0.325 e. The number of benzene rings is 2. The Hall–Kier alpha value is -3.16. The van der Waals surface area contributed by atoms with Gasteiger partial charge in [0.1, 0.15) is 4.83 Å². The highest BCUT2D eigenvalue weighted by Crippen LogP contribution is 2.32. The molecule has 180 valence electrons. The van der Waals surface area contributed by atoms with Gasteiger partial charge in [0.05, 0.1) is 11.1 Å². The van der Waals surface area contributed by atoms with Gasteiger partial charge in [-0.3, -0.25) is 14.2 Å². The van der Waals surface area contributed by atoms with E-state index in [-0.39, 0.29) is 22.6 Å². The molecule has 2 aromatic heterocycles. The fraction of sp³-hybridized carbons (Fsp3) is 0.250. The van der Waals surface area contributed by atoms with Crippen molar-refractivity contribution in [1.29, 1.82) is 0 Å². The van der Waals surface area contributed by atoms with Crippen molar-refractivity contribution in [3.63, 3.8) is 0 Å². The van der Waals surface area contributed by atoms with Crippen molar-refractivity contribution in [1.82, 2.24) is 9.55 Å². The normalized spacial score (nSPS) is 11.5. The lowest BCUT2D eigenvalue weighted by Crippen LogP contribution is -2.23. The average Bonchev–Trinajstić information content (AvgIpc) is 3.24. The summed E-state index contributed by atoms with van der Waals surface area (Å²) in [5.41, 5.74) is 4.92. The molecular weight excluding hydrogens is 474 g/mol. The molecule has 0 spiro atoms. The Kier molecular flexibility index (Phi) is 7.28. The number of thiophene rings is 1. The number of rotatable bonds is 7. The molecule has 2 aromatic carbocycles. The molecule has 0 bridgehead atoms. The van der Waals surface area contributed by atoms with Crippen LogP contribution in [0.15, 0.2) is 76.5 Å². The number of aryl methyl sites for hydroxylation is 1. The van der Waals surface area contributed by atoms with Gasteiger partial charge in [0, 0.05) is 23.2 Å². The van der Waals surface area contributed by atoms with E-state index in [2.05, 4.69) is 32.7 Å². The number of nitrogens with one attached hydrogen (secondary N) is 1. The quantitative estimate of drug-likeness (QED) is 0.174. The molecule has 0 aliphatic heterocycles. The maximum absolute atomic E-state index is 13.5. The van der Waals surface area contributed by atoms with Gasteiger partial charge >= 0.3 is 0 Å². The molecule has 0 radical (unpaired) electrons. The molecule has 0 atom stereocenters. The summed E-state index contributed by atoms with van der Waals surface area (Å²) in [4.78, 5) is 31.5. The Labute approximate surface area is 213 Å². The van der Waals surface area contributed by atoms with E-state index in [0.29, 0.717) is 21.9 Å². The van der Waals surface area contributed by atoms with Gasteiger partial charge in [-0.1, -0.05) is 80.6 Å². The first-order chi connectivity index (χ1) is 16.7. The Balaban J connectivity index is 1.56. The van der Waals surface area contributed by atoms with Crippen LogP contribution in [0.5, 0.6) is 0 Å². The number of anilines is 1. The highest BCUT2D eigenvalue weighted by molar-refractivity contribution is 7.99. The second-order valence-electron chi connectivity index (χ2n) is 9.46. The van der Waals surface area contributed by atoms with Crippen molar-refractivity contribution in [2.45, 2.75) is 44.8 Å². The van der Waals surface area contributed by atoms with Crippen LogP contribution in [0.2, 0.25) is 0 Å². The molecule has 1 N–H and O–H groups in total. The monoisotopic (exact) mass is 503 g/mol. The smallest absolute Gasteiger partial charge is 0.263 e. The van der Waals surface area contributed by atoms with E-state index in [1.165, 1.54) is 28.7 Å². The van der Waals surface area contributed by atoms with Crippen LogP contribution in [-0.4, -0.2) is 21.2 Å². The lowest BCUT2D eigenvalue weighted by molar-refractivity contribution is -0.113. The zero-order chi connectivity index (χ0) is 25.2. The molecule has 1 amide bonds. The standard InChI is InChI=1S/C28H29N3O2S2/c1-6-15-31-26(33)24-22(19-9-7-18(2)8-10-19)16-34-25(24)30-27(31)35-17-23(32)29-21-13-11-20(12-14-21)28(3,4)5/h6-14,16H,1,15,17H2,2-5H3,(H,29,32). The first-order valence-electron chi connectivity index (χ1n) is 11.4. The molecule has 35 heavy (non-hydrogen) atoms. The van der Waals surface area contributed by atoms with Crippen molar-refractivity contribution < 1.29 is 4.79 Å². The van der Waals surface area contributed by atoms with Crippen molar-refractivity contribution in [2.24, 2.45) is 0 Å². The SMILES string of the molecule is C=CCn1c(SCC(=O)Nc2ccc(C(C)(C)C)cc2)nc2scc(-c3ccc(C)cc3)c2c1=O. The lowest BCUT2D eigenvalue weighted by Gasteiger charge is -2.19. The van der Waals surface area contributed by atoms with Crippen molar-refractivity contribution in [2.75, 3.05) is 11.1 Å². The highest BCUT2D eigenvalue weighted by atomic mass is 32.2. The Morgan fingerprint density at radius 2 is 1.83 bits per heavy atom. The Bertz CT molecular complexity index is 1430. The van der Waals surface area contributed by atoms with E-state index in [1.807, 2.05) is 60.8 Å². The minimum absolute atomic E-state index is 0.0542. The maximum atomic E-state index is 13.5. The third-order valence-electron chi connectivity index (χ3n) is 5.70. The number of thioether (sulfide) groups is 1. The summed E-state index contributed by atoms with van der Waals surface area (Å²) >= 11 is 2.70. The summed E-state index contributed by atoms with van der Waals surface area (Å²) in [6.07, 6.45) is 1.67.